The van der Waals surface area contributed by atoms with Crippen LogP contribution >= 0.6 is 23.4 Å². The monoisotopic (exact) mass is 593 g/mol. The average molecular weight is 594 g/mol. The Hall–Kier alpha value is -2.08. The van der Waals surface area contributed by atoms with Crippen LogP contribution in [0.15, 0.2) is 78.9 Å². The molecule has 0 saturated heterocycles. The predicted molar refractivity (Wildman–Crippen MR) is 177 cm³/mol. The first-order chi connectivity index (χ1) is 19.3. The van der Waals surface area contributed by atoms with E-state index in [9.17, 15) is 4.79 Å². The van der Waals surface area contributed by atoms with E-state index in [2.05, 4.69) is 72.4 Å². The molecule has 0 aliphatic heterocycles. The maximum atomic E-state index is 11.8. The van der Waals surface area contributed by atoms with Crippen LogP contribution in [0.1, 0.15) is 73.2 Å². The number of rotatable bonds is 11. The molecule has 1 aliphatic carbocycles. The SMILES string of the molecule is CC(=O)OC(C)(C)c1ccccc1CC[C@@H](SCC1CC1)c1cccc(/C=C/c2ccc3ccc(Cl)cc3n2)c1.[NaH]. The van der Waals surface area contributed by atoms with E-state index in [1.165, 1.54) is 42.2 Å². The number of carbonyl (C=O) groups excluding carboxylic acids is 1. The number of hydrogen-bond donors (Lipinski definition) is 0. The molecule has 1 heterocycles. The molecule has 0 bridgehead atoms. The number of thioether (sulfide) groups is 1. The number of aromatic nitrogens is 1. The number of carbonyl (C=O) groups is 1. The maximum absolute atomic E-state index is 11.8. The van der Waals surface area contributed by atoms with Gasteiger partial charge in [-0.05, 0) is 97.7 Å². The van der Waals surface area contributed by atoms with E-state index in [4.69, 9.17) is 21.3 Å². The Morgan fingerprint density at radius 3 is 2.61 bits per heavy atom. The molecule has 1 fully saturated rings. The predicted octanol–water partition coefficient (Wildman–Crippen LogP) is 9.03. The molecule has 0 amide bonds. The van der Waals surface area contributed by atoms with Crippen LogP contribution in [0.4, 0.5) is 0 Å². The van der Waals surface area contributed by atoms with Crippen LogP contribution in [0, 0.1) is 5.92 Å². The Bertz CT molecular complexity index is 1530. The summed E-state index contributed by atoms with van der Waals surface area (Å²) in [6.07, 6.45) is 8.86. The van der Waals surface area contributed by atoms with Crippen molar-refractivity contribution in [1.82, 2.24) is 4.98 Å². The summed E-state index contributed by atoms with van der Waals surface area (Å²) in [5.41, 5.74) is 5.98. The molecule has 0 spiro atoms. The molecule has 5 rings (SSSR count). The van der Waals surface area contributed by atoms with Gasteiger partial charge in [0.15, 0.2) is 0 Å². The number of benzene rings is 3. The van der Waals surface area contributed by atoms with E-state index in [1.54, 1.807) is 0 Å². The summed E-state index contributed by atoms with van der Waals surface area (Å²) in [5, 5.41) is 2.16. The van der Waals surface area contributed by atoms with Gasteiger partial charge in [-0.2, -0.15) is 11.8 Å². The van der Waals surface area contributed by atoms with Crippen molar-refractivity contribution in [2.24, 2.45) is 5.92 Å². The molecule has 0 unspecified atom stereocenters. The molecule has 6 heteroatoms. The Morgan fingerprint density at radius 2 is 1.83 bits per heavy atom. The second-order valence-corrected chi connectivity index (χ2v) is 12.8. The van der Waals surface area contributed by atoms with Crippen LogP contribution in [-0.2, 0) is 21.6 Å². The Morgan fingerprint density at radius 1 is 1.05 bits per heavy atom. The first-order valence-corrected chi connectivity index (χ1v) is 15.4. The number of fused-ring (bicyclic) bond motifs is 1. The summed E-state index contributed by atoms with van der Waals surface area (Å²) < 4.78 is 5.69. The van der Waals surface area contributed by atoms with E-state index in [0.29, 0.717) is 10.3 Å². The van der Waals surface area contributed by atoms with E-state index in [-0.39, 0.29) is 35.5 Å². The van der Waals surface area contributed by atoms with E-state index in [1.807, 2.05) is 44.2 Å². The van der Waals surface area contributed by atoms with Crippen molar-refractivity contribution >= 4 is 81.9 Å². The van der Waals surface area contributed by atoms with Gasteiger partial charge >= 0.3 is 35.5 Å². The average Bonchev–Trinajstić information content (AvgIpc) is 3.76. The van der Waals surface area contributed by atoms with Gasteiger partial charge in [0.05, 0.1) is 11.2 Å². The van der Waals surface area contributed by atoms with Crippen LogP contribution in [0.25, 0.3) is 23.1 Å². The van der Waals surface area contributed by atoms with Gasteiger partial charge < -0.3 is 4.74 Å². The molecule has 1 aliphatic rings. The standard InChI is InChI=1S/C35H36ClNO2S.Na.H/c1-24(38)39-35(2,3)32-10-5-4-8-27(32)16-20-34(40-23-26-11-12-26)29-9-6-7-25(21-29)13-18-31-19-15-28-14-17-30(36)22-33(28)37-31;;/h4-10,13-15,17-19,21-22,26,34H,11-12,16,20,23H2,1-3H3;;/b18-13+;;/t34-;;/m1../s1. The zero-order valence-electron chi connectivity index (χ0n) is 23.4. The first-order valence-electron chi connectivity index (χ1n) is 14.0. The Kier molecular flexibility index (Phi) is 11.2. The van der Waals surface area contributed by atoms with Gasteiger partial charge in [0, 0.05) is 22.6 Å². The van der Waals surface area contributed by atoms with Crippen molar-refractivity contribution in [3.05, 3.63) is 112 Å². The van der Waals surface area contributed by atoms with Crippen LogP contribution in [-0.4, -0.2) is 46.3 Å². The van der Waals surface area contributed by atoms with Crippen LogP contribution in [0.2, 0.25) is 5.02 Å². The van der Waals surface area contributed by atoms with Crippen LogP contribution < -0.4 is 0 Å². The molecule has 3 aromatic carbocycles. The summed E-state index contributed by atoms with van der Waals surface area (Å²) >= 11 is 8.26. The van der Waals surface area contributed by atoms with Gasteiger partial charge in [0.2, 0.25) is 0 Å². The Balaban J connectivity index is 0.00000387. The van der Waals surface area contributed by atoms with Gasteiger partial charge in [0.1, 0.15) is 5.60 Å². The third-order valence-corrected chi connectivity index (χ3v) is 9.18. The fourth-order valence-corrected chi connectivity index (χ4v) is 6.78. The third-order valence-electron chi connectivity index (χ3n) is 7.38. The summed E-state index contributed by atoms with van der Waals surface area (Å²) in [7, 11) is 0. The zero-order valence-corrected chi connectivity index (χ0v) is 25.0. The molecular weight excluding hydrogens is 557 g/mol. The molecule has 1 aromatic heterocycles. The summed E-state index contributed by atoms with van der Waals surface area (Å²) in [4.78, 5) is 16.5. The van der Waals surface area contributed by atoms with Crippen molar-refractivity contribution in [2.45, 2.75) is 57.3 Å². The summed E-state index contributed by atoms with van der Waals surface area (Å²) in [5.74, 6) is 1.80. The van der Waals surface area contributed by atoms with Crippen molar-refractivity contribution in [1.29, 1.82) is 0 Å². The minimum atomic E-state index is -0.661. The van der Waals surface area contributed by atoms with E-state index < -0.39 is 5.60 Å². The van der Waals surface area contributed by atoms with Gasteiger partial charge in [-0.3, -0.25) is 4.79 Å². The molecule has 3 nitrogen and oxygen atoms in total. The topological polar surface area (TPSA) is 39.2 Å². The third kappa shape index (κ3) is 8.95. The van der Waals surface area contributed by atoms with Gasteiger partial charge in [0.25, 0.3) is 0 Å². The van der Waals surface area contributed by atoms with Crippen LogP contribution in [0.3, 0.4) is 0 Å². The fraction of sp³-hybridized carbons (Fsp3) is 0.314. The molecule has 1 saturated carbocycles. The number of halogens is 1. The zero-order chi connectivity index (χ0) is 28.1. The molecule has 41 heavy (non-hydrogen) atoms. The fourth-order valence-electron chi connectivity index (χ4n) is 5.15. The normalized spacial score (nSPS) is 14.1. The van der Waals surface area contributed by atoms with Crippen molar-refractivity contribution < 1.29 is 9.53 Å². The van der Waals surface area contributed by atoms with Gasteiger partial charge in [-0.1, -0.05) is 78.3 Å². The molecular formula is C35H37ClNNaO2S. The number of pyridine rings is 1. The molecule has 4 aromatic rings. The van der Waals surface area contributed by atoms with Gasteiger partial charge in [-0.25, -0.2) is 4.98 Å². The molecule has 0 radical (unpaired) electrons. The molecule has 1 atom stereocenters. The number of aryl methyl sites for hydroxylation is 1. The Labute approximate surface area is 275 Å². The minimum absolute atomic E-state index is 0. The van der Waals surface area contributed by atoms with Crippen molar-refractivity contribution in [2.75, 3.05) is 5.75 Å². The summed E-state index contributed by atoms with van der Waals surface area (Å²) in [6, 6.07) is 27.2. The number of esters is 1. The van der Waals surface area contributed by atoms with Crippen LogP contribution in [0.5, 0.6) is 0 Å². The number of hydrogen-bond acceptors (Lipinski definition) is 4. The van der Waals surface area contributed by atoms with Crippen molar-refractivity contribution in [3.8, 4) is 0 Å². The molecule has 0 N–H and O–H groups in total. The molecule has 208 valence electrons. The number of ether oxygens (including phenoxy) is 1. The summed E-state index contributed by atoms with van der Waals surface area (Å²) in [6.45, 7) is 5.42. The first kappa shape index (κ1) is 31.8. The van der Waals surface area contributed by atoms with Crippen molar-refractivity contribution in [3.63, 3.8) is 0 Å². The van der Waals surface area contributed by atoms with E-state index in [0.717, 1.165) is 40.9 Å². The van der Waals surface area contributed by atoms with Gasteiger partial charge in [-0.15, -0.1) is 0 Å². The quantitative estimate of drug-likeness (QED) is 0.128. The second kappa shape index (κ2) is 14.4. The van der Waals surface area contributed by atoms with E-state index >= 15 is 0 Å². The number of nitrogens with zero attached hydrogens (tertiary/aromatic N) is 1. The second-order valence-electron chi connectivity index (χ2n) is 11.1.